The molecule has 3 aromatic rings. The number of hydrazine groups is 1. The summed E-state index contributed by atoms with van der Waals surface area (Å²) < 4.78 is 18.7. The lowest BCUT2D eigenvalue weighted by Crippen LogP contribution is -2.36. The van der Waals surface area contributed by atoms with Gasteiger partial charge in [0.1, 0.15) is 18.2 Å². The lowest BCUT2D eigenvalue weighted by atomic mass is 10.1. The number of carbonyl (C=O) groups excluding carboxylic acids is 2. The molecule has 0 saturated carbocycles. The highest BCUT2D eigenvalue weighted by Crippen LogP contribution is 2.26. The van der Waals surface area contributed by atoms with Crippen molar-refractivity contribution in [1.29, 1.82) is 0 Å². The van der Waals surface area contributed by atoms with E-state index in [0.29, 0.717) is 24.6 Å². The van der Waals surface area contributed by atoms with Crippen LogP contribution in [0.1, 0.15) is 24.5 Å². The maximum Gasteiger partial charge on any atom is 0.243 e. The number of rotatable bonds is 8. The van der Waals surface area contributed by atoms with E-state index in [1.54, 1.807) is 41.3 Å². The lowest BCUT2D eigenvalue weighted by molar-refractivity contribution is -0.125. The van der Waals surface area contributed by atoms with Crippen LogP contribution in [-0.4, -0.2) is 18.4 Å². The number of hydrogen-bond acceptors (Lipinski definition) is 4. The predicted octanol–water partition coefficient (Wildman–Crippen LogP) is 4.46. The molecule has 1 heterocycles. The Kier molecular flexibility index (Phi) is 6.88. The van der Waals surface area contributed by atoms with Gasteiger partial charge in [-0.2, -0.15) is 0 Å². The van der Waals surface area contributed by atoms with E-state index in [-0.39, 0.29) is 24.1 Å². The highest BCUT2D eigenvalue weighted by Gasteiger charge is 2.35. The summed E-state index contributed by atoms with van der Waals surface area (Å²) in [5.41, 5.74) is 9.15. The fourth-order valence-corrected chi connectivity index (χ4v) is 3.66. The number of halogens is 1. The standard InChI is InChI=1S/C26H26FN3O3/c1-2-18-5-11-23(12-6-18)30-16-20(15-25(30)31)26(32)29-28-22-9-13-24(14-10-22)33-17-19-3-7-21(27)8-4-19/h3-14,20,28H,2,15-17H2,1H3,(H,29,32)/t20-/m0/s1. The van der Waals surface area contributed by atoms with Gasteiger partial charge in [0.05, 0.1) is 11.6 Å². The fourth-order valence-electron chi connectivity index (χ4n) is 3.66. The molecule has 2 amide bonds. The van der Waals surface area contributed by atoms with Crippen LogP contribution in [0.4, 0.5) is 15.8 Å². The fraction of sp³-hybridized carbons (Fsp3) is 0.231. The Balaban J connectivity index is 1.26. The minimum atomic E-state index is -0.422. The van der Waals surface area contributed by atoms with Crippen LogP contribution in [0, 0.1) is 11.7 Å². The average molecular weight is 448 g/mol. The first kappa shape index (κ1) is 22.3. The van der Waals surface area contributed by atoms with E-state index in [0.717, 1.165) is 17.7 Å². The molecule has 1 saturated heterocycles. The van der Waals surface area contributed by atoms with Crippen LogP contribution < -0.4 is 20.5 Å². The van der Waals surface area contributed by atoms with Crippen molar-refractivity contribution in [3.05, 3.63) is 89.7 Å². The third-order valence-corrected chi connectivity index (χ3v) is 5.66. The zero-order valence-corrected chi connectivity index (χ0v) is 18.4. The molecule has 4 rings (SSSR count). The van der Waals surface area contributed by atoms with Gasteiger partial charge >= 0.3 is 0 Å². The molecule has 170 valence electrons. The molecule has 1 atom stereocenters. The van der Waals surface area contributed by atoms with Crippen LogP contribution in [0.2, 0.25) is 0 Å². The normalized spacial score (nSPS) is 15.4. The highest BCUT2D eigenvalue weighted by molar-refractivity contribution is 6.00. The van der Waals surface area contributed by atoms with Crippen LogP contribution in [0.15, 0.2) is 72.8 Å². The largest absolute Gasteiger partial charge is 0.489 e. The molecule has 6 nitrogen and oxygen atoms in total. The van der Waals surface area contributed by atoms with E-state index in [4.69, 9.17) is 4.74 Å². The van der Waals surface area contributed by atoms with Crippen molar-refractivity contribution in [2.75, 3.05) is 16.9 Å². The second-order valence-corrected chi connectivity index (χ2v) is 7.98. The SMILES string of the molecule is CCc1ccc(N2C[C@@H](C(=O)NNc3ccc(OCc4ccc(F)cc4)cc3)CC2=O)cc1. The van der Waals surface area contributed by atoms with Gasteiger partial charge in [-0.25, -0.2) is 4.39 Å². The van der Waals surface area contributed by atoms with Crippen LogP contribution in [0.3, 0.4) is 0 Å². The molecule has 0 radical (unpaired) electrons. The summed E-state index contributed by atoms with van der Waals surface area (Å²) in [4.78, 5) is 26.7. The molecule has 0 aliphatic carbocycles. The van der Waals surface area contributed by atoms with Crippen LogP contribution in [0.25, 0.3) is 0 Å². The molecule has 0 spiro atoms. The first-order chi connectivity index (χ1) is 16.0. The molecular weight excluding hydrogens is 421 g/mol. The molecule has 1 fully saturated rings. The molecular formula is C26H26FN3O3. The molecule has 0 bridgehead atoms. The lowest BCUT2D eigenvalue weighted by Gasteiger charge is -2.17. The summed E-state index contributed by atoms with van der Waals surface area (Å²) in [5, 5.41) is 0. The van der Waals surface area contributed by atoms with Crippen molar-refractivity contribution >= 4 is 23.2 Å². The Morgan fingerprint density at radius 1 is 1.00 bits per heavy atom. The monoisotopic (exact) mass is 447 g/mol. The average Bonchev–Trinajstić information content (AvgIpc) is 3.24. The molecule has 1 aliphatic rings. The quantitative estimate of drug-likeness (QED) is 0.500. The van der Waals surface area contributed by atoms with Crippen molar-refractivity contribution in [1.82, 2.24) is 5.43 Å². The minimum Gasteiger partial charge on any atom is -0.489 e. The molecule has 3 aromatic carbocycles. The third-order valence-electron chi connectivity index (χ3n) is 5.66. The van der Waals surface area contributed by atoms with Crippen molar-refractivity contribution in [3.63, 3.8) is 0 Å². The van der Waals surface area contributed by atoms with E-state index >= 15 is 0 Å². The van der Waals surface area contributed by atoms with Crippen LogP contribution >= 0.6 is 0 Å². The summed E-state index contributed by atoms with van der Waals surface area (Å²) in [7, 11) is 0. The summed E-state index contributed by atoms with van der Waals surface area (Å²) in [6.07, 6.45) is 1.12. The number of nitrogens with one attached hydrogen (secondary N) is 2. The van der Waals surface area contributed by atoms with Gasteiger partial charge in [0.25, 0.3) is 0 Å². The first-order valence-corrected chi connectivity index (χ1v) is 10.9. The number of carbonyl (C=O) groups is 2. The summed E-state index contributed by atoms with van der Waals surface area (Å²) in [6, 6.07) is 21.1. The van der Waals surface area contributed by atoms with Crippen molar-refractivity contribution in [2.24, 2.45) is 5.92 Å². The van der Waals surface area contributed by atoms with E-state index in [1.165, 1.54) is 17.7 Å². The number of hydrogen-bond donors (Lipinski definition) is 2. The Bertz CT molecular complexity index is 1100. The molecule has 1 aliphatic heterocycles. The summed E-state index contributed by atoms with van der Waals surface area (Å²) >= 11 is 0. The zero-order chi connectivity index (χ0) is 23.2. The number of nitrogens with zero attached hydrogens (tertiary/aromatic N) is 1. The van der Waals surface area contributed by atoms with Crippen LogP contribution in [0.5, 0.6) is 5.75 Å². The Morgan fingerprint density at radius 2 is 1.67 bits per heavy atom. The second-order valence-electron chi connectivity index (χ2n) is 7.98. The molecule has 2 N–H and O–H groups in total. The van der Waals surface area contributed by atoms with Crippen molar-refractivity contribution in [3.8, 4) is 5.75 Å². The number of aryl methyl sites for hydroxylation is 1. The Morgan fingerprint density at radius 3 is 2.33 bits per heavy atom. The van der Waals surface area contributed by atoms with E-state index < -0.39 is 5.92 Å². The number of amides is 2. The minimum absolute atomic E-state index is 0.0537. The van der Waals surface area contributed by atoms with Gasteiger partial charge in [-0.05, 0) is 66.1 Å². The van der Waals surface area contributed by atoms with Gasteiger partial charge in [0.15, 0.2) is 0 Å². The van der Waals surface area contributed by atoms with E-state index in [2.05, 4.69) is 17.8 Å². The van der Waals surface area contributed by atoms with Crippen LogP contribution in [-0.2, 0) is 22.6 Å². The highest BCUT2D eigenvalue weighted by atomic mass is 19.1. The first-order valence-electron chi connectivity index (χ1n) is 10.9. The topological polar surface area (TPSA) is 70.7 Å². The maximum absolute atomic E-state index is 13.0. The van der Waals surface area contributed by atoms with Gasteiger partial charge in [0, 0.05) is 18.7 Å². The number of anilines is 2. The number of ether oxygens (including phenoxy) is 1. The van der Waals surface area contributed by atoms with Gasteiger partial charge in [-0.3, -0.25) is 20.4 Å². The smallest absolute Gasteiger partial charge is 0.243 e. The third kappa shape index (κ3) is 5.68. The molecule has 7 heteroatoms. The van der Waals surface area contributed by atoms with Gasteiger partial charge in [0.2, 0.25) is 11.8 Å². The van der Waals surface area contributed by atoms with Gasteiger partial charge in [-0.1, -0.05) is 31.2 Å². The predicted molar refractivity (Wildman–Crippen MR) is 125 cm³/mol. The number of benzene rings is 3. The molecule has 33 heavy (non-hydrogen) atoms. The van der Waals surface area contributed by atoms with Crippen molar-refractivity contribution < 1.29 is 18.7 Å². The van der Waals surface area contributed by atoms with E-state index in [9.17, 15) is 14.0 Å². The summed E-state index contributed by atoms with van der Waals surface area (Å²) in [6.45, 7) is 2.77. The summed E-state index contributed by atoms with van der Waals surface area (Å²) in [5.74, 6) is -0.331. The Hall–Kier alpha value is -3.87. The van der Waals surface area contributed by atoms with Gasteiger partial charge in [-0.15, -0.1) is 0 Å². The maximum atomic E-state index is 13.0. The van der Waals surface area contributed by atoms with Crippen molar-refractivity contribution in [2.45, 2.75) is 26.4 Å². The Labute approximate surface area is 192 Å². The molecule has 0 unspecified atom stereocenters. The van der Waals surface area contributed by atoms with Gasteiger partial charge < -0.3 is 9.64 Å². The molecule has 0 aromatic heterocycles. The second kappa shape index (κ2) is 10.2. The zero-order valence-electron chi connectivity index (χ0n) is 18.4. The van der Waals surface area contributed by atoms with E-state index in [1.807, 2.05) is 24.3 Å².